The summed E-state index contributed by atoms with van der Waals surface area (Å²) in [4.78, 5) is 14.0. The smallest absolute Gasteiger partial charge is 0.256 e. The van der Waals surface area contributed by atoms with Crippen LogP contribution in [0.5, 0.6) is 0 Å². The number of rotatable bonds is 2. The van der Waals surface area contributed by atoms with Gasteiger partial charge in [0, 0.05) is 19.1 Å². The first-order valence-corrected chi connectivity index (χ1v) is 6.66. The summed E-state index contributed by atoms with van der Waals surface area (Å²) in [6, 6.07) is 1.77. The van der Waals surface area contributed by atoms with Crippen molar-refractivity contribution in [1.29, 1.82) is 0 Å². The number of hydrogen-bond acceptors (Lipinski definition) is 3. The van der Waals surface area contributed by atoms with E-state index < -0.39 is 0 Å². The van der Waals surface area contributed by atoms with E-state index in [-0.39, 0.29) is 11.9 Å². The second-order valence-corrected chi connectivity index (χ2v) is 6.05. The molecule has 1 aliphatic heterocycles. The van der Waals surface area contributed by atoms with Crippen molar-refractivity contribution >= 4 is 40.4 Å². The summed E-state index contributed by atoms with van der Waals surface area (Å²) in [6.07, 6.45) is 1.97. The van der Waals surface area contributed by atoms with Gasteiger partial charge in [-0.2, -0.15) is 0 Å². The number of likely N-dealkylation sites (tertiary alicyclic amines) is 1. The molecule has 6 heteroatoms. The van der Waals surface area contributed by atoms with Crippen LogP contribution in [-0.2, 0) is 0 Å². The van der Waals surface area contributed by atoms with E-state index in [9.17, 15) is 4.79 Å². The lowest BCUT2D eigenvalue weighted by Gasteiger charge is -2.23. The lowest BCUT2D eigenvalue weighted by Crippen LogP contribution is -2.39. The molecule has 0 spiro atoms. The lowest BCUT2D eigenvalue weighted by molar-refractivity contribution is 0.0742. The van der Waals surface area contributed by atoms with Gasteiger partial charge in [0.05, 0.1) is 9.90 Å². The average Bonchev–Trinajstić information content (AvgIpc) is 2.83. The number of hydrogen-bond donors (Lipinski definition) is 1. The van der Waals surface area contributed by atoms with Gasteiger partial charge in [0.25, 0.3) is 5.91 Å². The fourth-order valence-electron chi connectivity index (χ4n) is 1.99. The number of halogens is 2. The minimum Gasteiger partial charge on any atom is -0.334 e. The third-order valence-electron chi connectivity index (χ3n) is 2.80. The number of carbonyl (C=O) groups excluding carboxylic acids is 1. The van der Waals surface area contributed by atoms with Crippen LogP contribution in [0, 0.1) is 0 Å². The minimum absolute atomic E-state index is 0.0545. The van der Waals surface area contributed by atoms with Gasteiger partial charge in [-0.3, -0.25) is 4.79 Å². The third kappa shape index (κ3) is 2.20. The van der Waals surface area contributed by atoms with E-state index in [4.69, 9.17) is 28.9 Å². The van der Waals surface area contributed by atoms with Crippen molar-refractivity contribution in [2.24, 2.45) is 5.73 Å². The summed E-state index contributed by atoms with van der Waals surface area (Å²) in [7, 11) is 0. The van der Waals surface area contributed by atoms with Gasteiger partial charge in [0.15, 0.2) is 0 Å². The molecule has 1 amide bonds. The Morgan fingerprint density at radius 1 is 1.62 bits per heavy atom. The maximum Gasteiger partial charge on any atom is 0.256 e. The third-order valence-corrected chi connectivity index (χ3v) is 4.28. The summed E-state index contributed by atoms with van der Waals surface area (Å²) < 4.78 is 0.995. The zero-order valence-corrected chi connectivity index (χ0v) is 10.9. The Bertz CT molecular complexity index is 408. The van der Waals surface area contributed by atoms with Crippen LogP contribution in [0.2, 0.25) is 8.67 Å². The van der Waals surface area contributed by atoms with Crippen LogP contribution < -0.4 is 5.73 Å². The van der Waals surface area contributed by atoms with E-state index in [2.05, 4.69) is 0 Å². The normalized spacial score (nSPS) is 20.4. The summed E-state index contributed by atoms with van der Waals surface area (Å²) in [5.41, 5.74) is 6.13. The molecule has 2 N–H and O–H groups in total. The first-order valence-electron chi connectivity index (χ1n) is 5.09. The standard InChI is InChI=1S/C10H12Cl2N2OS/c11-8-4-7(9(12)16-8)10(15)14-3-1-2-6(14)5-13/h4,6H,1-3,5,13H2. The van der Waals surface area contributed by atoms with Crippen LogP contribution in [0.3, 0.4) is 0 Å². The summed E-state index contributed by atoms with van der Waals surface area (Å²) >= 11 is 13.0. The molecular weight excluding hydrogens is 267 g/mol. The lowest BCUT2D eigenvalue weighted by atomic mass is 10.2. The molecule has 2 heterocycles. The molecule has 0 bridgehead atoms. The topological polar surface area (TPSA) is 46.3 Å². The van der Waals surface area contributed by atoms with Crippen LogP contribution >= 0.6 is 34.5 Å². The maximum absolute atomic E-state index is 12.2. The average molecular weight is 279 g/mol. The van der Waals surface area contributed by atoms with E-state index in [1.54, 1.807) is 11.0 Å². The van der Waals surface area contributed by atoms with Crippen molar-refractivity contribution in [1.82, 2.24) is 4.90 Å². The molecule has 0 saturated carbocycles. The Labute approximate surface area is 108 Å². The van der Waals surface area contributed by atoms with Gasteiger partial charge < -0.3 is 10.6 Å². The Morgan fingerprint density at radius 2 is 2.38 bits per heavy atom. The van der Waals surface area contributed by atoms with Crippen LogP contribution in [0.25, 0.3) is 0 Å². The van der Waals surface area contributed by atoms with Gasteiger partial charge in [-0.25, -0.2) is 0 Å². The molecule has 88 valence electrons. The summed E-state index contributed by atoms with van der Waals surface area (Å²) in [5.74, 6) is -0.0545. The fraction of sp³-hybridized carbons (Fsp3) is 0.500. The van der Waals surface area contributed by atoms with Crippen LogP contribution in [0.4, 0.5) is 0 Å². The van der Waals surface area contributed by atoms with Gasteiger partial charge in [-0.15, -0.1) is 11.3 Å². The van der Waals surface area contributed by atoms with Crippen LogP contribution in [-0.4, -0.2) is 29.9 Å². The van der Waals surface area contributed by atoms with E-state index >= 15 is 0 Å². The maximum atomic E-state index is 12.2. The Balaban J connectivity index is 2.21. The number of nitrogens with two attached hydrogens (primary N) is 1. The molecule has 1 aromatic heterocycles. The fourth-order valence-corrected chi connectivity index (χ4v) is 3.44. The number of carbonyl (C=O) groups is 1. The number of amides is 1. The van der Waals surface area contributed by atoms with Crippen molar-refractivity contribution in [3.63, 3.8) is 0 Å². The Kier molecular flexibility index (Phi) is 3.74. The largest absolute Gasteiger partial charge is 0.334 e. The monoisotopic (exact) mass is 278 g/mol. The highest BCUT2D eigenvalue weighted by atomic mass is 35.5. The summed E-state index contributed by atoms with van der Waals surface area (Å²) in [5, 5.41) is 0. The molecule has 1 unspecified atom stereocenters. The molecule has 2 rings (SSSR count). The van der Waals surface area contributed by atoms with E-state index in [1.807, 2.05) is 0 Å². The number of thiophene rings is 1. The highest BCUT2D eigenvalue weighted by Crippen LogP contribution is 2.33. The van der Waals surface area contributed by atoms with Gasteiger partial charge >= 0.3 is 0 Å². The quantitative estimate of drug-likeness (QED) is 0.904. The second kappa shape index (κ2) is 4.92. The first-order chi connectivity index (χ1) is 7.63. The van der Waals surface area contributed by atoms with Crippen molar-refractivity contribution in [2.75, 3.05) is 13.1 Å². The predicted molar refractivity (Wildman–Crippen MR) is 67.5 cm³/mol. The van der Waals surface area contributed by atoms with E-state index in [0.29, 0.717) is 20.8 Å². The van der Waals surface area contributed by atoms with Crippen molar-refractivity contribution in [3.05, 3.63) is 20.3 Å². The van der Waals surface area contributed by atoms with Crippen LogP contribution in [0.1, 0.15) is 23.2 Å². The molecule has 0 aliphatic carbocycles. The Hall–Kier alpha value is -0.290. The van der Waals surface area contributed by atoms with Crippen molar-refractivity contribution < 1.29 is 4.79 Å². The van der Waals surface area contributed by atoms with Gasteiger partial charge in [-0.1, -0.05) is 23.2 Å². The Morgan fingerprint density at radius 3 is 2.94 bits per heavy atom. The molecular formula is C10H12Cl2N2OS. The van der Waals surface area contributed by atoms with E-state index in [0.717, 1.165) is 19.4 Å². The molecule has 16 heavy (non-hydrogen) atoms. The number of nitrogens with zero attached hydrogens (tertiary/aromatic N) is 1. The molecule has 1 atom stereocenters. The predicted octanol–water partition coefficient (Wildman–Crippen LogP) is 2.62. The van der Waals surface area contributed by atoms with Gasteiger partial charge in [0.1, 0.15) is 4.34 Å². The minimum atomic E-state index is -0.0545. The highest BCUT2D eigenvalue weighted by molar-refractivity contribution is 7.20. The molecule has 3 nitrogen and oxygen atoms in total. The van der Waals surface area contributed by atoms with Gasteiger partial charge in [-0.05, 0) is 18.9 Å². The molecule has 1 aromatic rings. The molecule has 0 radical (unpaired) electrons. The molecule has 1 aliphatic rings. The zero-order chi connectivity index (χ0) is 11.7. The van der Waals surface area contributed by atoms with E-state index in [1.165, 1.54) is 11.3 Å². The van der Waals surface area contributed by atoms with Crippen molar-refractivity contribution in [2.45, 2.75) is 18.9 Å². The van der Waals surface area contributed by atoms with Crippen LogP contribution in [0.15, 0.2) is 6.07 Å². The first kappa shape index (κ1) is 12.2. The van der Waals surface area contributed by atoms with Crippen molar-refractivity contribution in [3.8, 4) is 0 Å². The molecule has 0 aromatic carbocycles. The van der Waals surface area contributed by atoms with Gasteiger partial charge in [0.2, 0.25) is 0 Å². The highest BCUT2D eigenvalue weighted by Gasteiger charge is 2.30. The SMILES string of the molecule is NCC1CCCN1C(=O)c1cc(Cl)sc1Cl. The summed E-state index contributed by atoms with van der Waals surface area (Å²) in [6.45, 7) is 1.26. The molecule has 1 fully saturated rings. The molecule has 1 saturated heterocycles. The second-order valence-electron chi connectivity index (χ2n) is 3.77. The zero-order valence-electron chi connectivity index (χ0n) is 8.58.